The first kappa shape index (κ1) is 14.3. The minimum Gasteiger partial charge on any atom is -0.480 e. The molecule has 0 aliphatic rings. The van der Waals surface area contributed by atoms with Crippen LogP contribution in [0.5, 0.6) is 5.75 Å². The lowest BCUT2D eigenvalue weighted by atomic mass is 10.3. The molecule has 3 N–H and O–H groups in total. The van der Waals surface area contributed by atoms with Crippen molar-refractivity contribution in [2.24, 2.45) is 7.05 Å². The Morgan fingerprint density at radius 1 is 1.33 bits per heavy atom. The van der Waals surface area contributed by atoms with Crippen molar-refractivity contribution in [1.29, 1.82) is 0 Å². The topological polar surface area (TPSA) is 118 Å². The monoisotopic (exact) mass is 291 g/mol. The molecule has 21 heavy (non-hydrogen) atoms. The van der Waals surface area contributed by atoms with Crippen LogP contribution in [0.3, 0.4) is 0 Å². The Labute approximate surface area is 119 Å². The number of hydrogen-bond acceptors (Lipinski definition) is 5. The van der Waals surface area contributed by atoms with Crippen LogP contribution in [0.15, 0.2) is 30.6 Å². The summed E-state index contributed by atoms with van der Waals surface area (Å²) in [6.07, 6.45) is 1.31. The number of amides is 2. The van der Waals surface area contributed by atoms with Gasteiger partial charge in [0.05, 0.1) is 5.69 Å². The maximum Gasteiger partial charge on any atom is 0.341 e. The van der Waals surface area contributed by atoms with Crippen LogP contribution in [0.4, 0.5) is 16.4 Å². The van der Waals surface area contributed by atoms with Gasteiger partial charge in [-0.2, -0.15) is 10.1 Å². The smallest absolute Gasteiger partial charge is 0.341 e. The summed E-state index contributed by atoms with van der Waals surface area (Å²) < 4.78 is 6.48. The Kier molecular flexibility index (Phi) is 4.34. The molecule has 0 bridgehead atoms. The average Bonchev–Trinajstić information content (AvgIpc) is 2.83. The number of carbonyl (C=O) groups is 2. The Hall–Kier alpha value is -3.10. The van der Waals surface area contributed by atoms with Crippen molar-refractivity contribution in [3.63, 3.8) is 0 Å². The second kappa shape index (κ2) is 6.37. The van der Waals surface area contributed by atoms with Gasteiger partial charge in [0.2, 0.25) is 5.95 Å². The van der Waals surface area contributed by atoms with Crippen molar-refractivity contribution in [1.82, 2.24) is 14.8 Å². The summed E-state index contributed by atoms with van der Waals surface area (Å²) in [7, 11) is 1.63. The third-order valence-corrected chi connectivity index (χ3v) is 2.42. The van der Waals surface area contributed by atoms with Gasteiger partial charge < -0.3 is 15.2 Å². The molecule has 1 aromatic heterocycles. The van der Waals surface area contributed by atoms with E-state index < -0.39 is 18.6 Å². The molecule has 0 fully saturated rings. The van der Waals surface area contributed by atoms with Crippen LogP contribution in [0.1, 0.15) is 0 Å². The Morgan fingerprint density at radius 3 is 2.76 bits per heavy atom. The van der Waals surface area contributed by atoms with Gasteiger partial charge in [0, 0.05) is 7.05 Å². The van der Waals surface area contributed by atoms with Gasteiger partial charge in [0.25, 0.3) is 0 Å². The van der Waals surface area contributed by atoms with Crippen LogP contribution in [-0.2, 0) is 11.8 Å². The predicted molar refractivity (Wildman–Crippen MR) is 73.2 cm³/mol. The van der Waals surface area contributed by atoms with E-state index >= 15 is 0 Å². The first-order valence-electron chi connectivity index (χ1n) is 5.92. The molecule has 0 aliphatic carbocycles. The van der Waals surface area contributed by atoms with Crippen molar-refractivity contribution in [2.45, 2.75) is 0 Å². The zero-order chi connectivity index (χ0) is 15.2. The molecule has 2 aromatic rings. The predicted octanol–water partition coefficient (Wildman–Crippen LogP) is 0.922. The molecule has 1 aromatic carbocycles. The number of hydrogen-bond donors (Lipinski definition) is 3. The summed E-state index contributed by atoms with van der Waals surface area (Å²) in [5, 5.41) is 17.5. The van der Waals surface area contributed by atoms with Crippen molar-refractivity contribution >= 4 is 23.6 Å². The van der Waals surface area contributed by atoms with Crippen LogP contribution in [-0.4, -0.2) is 38.5 Å². The number of anilines is 2. The average molecular weight is 291 g/mol. The lowest BCUT2D eigenvalue weighted by Gasteiger charge is -2.11. The summed E-state index contributed by atoms with van der Waals surface area (Å²) in [6, 6.07) is 5.96. The highest BCUT2D eigenvalue weighted by molar-refractivity contribution is 5.99. The Balaban J connectivity index is 2.03. The molecule has 0 aliphatic heterocycles. The highest BCUT2D eigenvalue weighted by Gasteiger charge is 2.10. The van der Waals surface area contributed by atoms with Gasteiger partial charge in [-0.3, -0.25) is 5.32 Å². The number of carboxylic acid groups (broad SMARTS) is 1. The number of urea groups is 1. The molecule has 0 radical (unpaired) electrons. The van der Waals surface area contributed by atoms with Crippen molar-refractivity contribution in [3.05, 3.63) is 30.6 Å². The van der Waals surface area contributed by atoms with Crippen molar-refractivity contribution < 1.29 is 19.4 Å². The number of aliphatic carboxylic acids is 1. The largest absolute Gasteiger partial charge is 0.480 e. The van der Waals surface area contributed by atoms with Crippen LogP contribution in [0.2, 0.25) is 0 Å². The van der Waals surface area contributed by atoms with Crippen LogP contribution >= 0.6 is 0 Å². The standard InChI is InChI=1S/C12H13N5O4/c1-17-11(13-7-14-17)16-12(20)15-8-4-2-3-5-9(8)21-6-10(18)19/h2-5,7H,6H2,1H3,(H,18,19)(H2,13,14,15,16,20). The number of carboxylic acids is 1. The van der Waals surface area contributed by atoms with Crippen LogP contribution in [0, 0.1) is 0 Å². The SMILES string of the molecule is Cn1ncnc1NC(=O)Nc1ccccc1OCC(=O)O. The Bertz CT molecular complexity index is 655. The lowest BCUT2D eigenvalue weighted by molar-refractivity contribution is -0.139. The third kappa shape index (κ3) is 3.93. The minimum absolute atomic E-state index is 0.257. The molecule has 0 saturated heterocycles. The summed E-state index contributed by atoms with van der Waals surface area (Å²) in [4.78, 5) is 26.2. The normalized spacial score (nSPS) is 9.95. The molecule has 9 nitrogen and oxygen atoms in total. The van der Waals surface area contributed by atoms with E-state index in [9.17, 15) is 9.59 Å². The zero-order valence-corrected chi connectivity index (χ0v) is 11.1. The molecular weight excluding hydrogens is 278 g/mol. The molecule has 110 valence electrons. The zero-order valence-electron chi connectivity index (χ0n) is 11.1. The summed E-state index contributed by atoms with van der Waals surface area (Å²) in [5.41, 5.74) is 0.346. The number of nitrogens with one attached hydrogen (secondary N) is 2. The molecular formula is C12H13N5O4. The summed E-state index contributed by atoms with van der Waals surface area (Å²) in [5.74, 6) is -0.571. The molecule has 2 amide bonds. The maximum atomic E-state index is 11.8. The second-order valence-electron chi connectivity index (χ2n) is 3.96. The van der Waals surface area contributed by atoms with E-state index in [0.29, 0.717) is 5.69 Å². The molecule has 2 rings (SSSR count). The molecule has 0 atom stereocenters. The van der Waals surface area contributed by atoms with Gasteiger partial charge in [-0.05, 0) is 12.1 Å². The highest BCUT2D eigenvalue weighted by Crippen LogP contribution is 2.23. The van der Waals surface area contributed by atoms with Crippen molar-refractivity contribution in [2.75, 3.05) is 17.2 Å². The second-order valence-corrected chi connectivity index (χ2v) is 3.96. The molecule has 1 heterocycles. The Morgan fingerprint density at radius 2 is 2.10 bits per heavy atom. The number of aromatic nitrogens is 3. The highest BCUT2D eigenvalue weighted by atomic mass is 16.5. The molecule has 9 heteroatoms. The fraction of sp³-hybridized carbons (Fsp3) is 0.167. The summed E-state index contributed by atoms with van der Waals surface area (Å²) >= 11 is 0. The minimum atomic E-state index is -1.10. The van der Waals surface area contributed by atoms with Crippen molar-refractivity contribution in [3.8, 4) is 5.75 Å². The lowest BCUT2D eigenvalue weighted by Crippen LogP contribution is -2.22. The summed E-state index contributed by atoms with van der Waals surface area (Å²) in [6.45, 7) is -0.496. The molecule has 0 saturated carbocycles. The number of aryl methyl sites for hydroxylation is 1. The fourth-order valence-corrected chi connectivity index (χ4v) is 1.50. The van der Waals surface area contributed by atoms with Gasteiger partial charge in [0.1, 0.15) is 12.1 Å². The van der Waals surface area contributed by atoms with Gasteiger partial charge in [0.15, 0.2) is 6.61 Å². The molecule has 0 spiro atoms. The first-order valence-corrected chi connectivity index (χ1v) is 5.92. The van der Waals surface area contributed by atoms with E-state index in [1.54, 1.807) is 31.3 Å². The van der Waals surface area contributed by atoms with E-state index in [0.717, 1.165) is 0 Å². The molecule has 0 unspecified atom stereocenters. The number of nitrogens with zero attached hydrogens (tertiary/aromatic N) is 3. The van der Waals surface area contributed by atoms with Gasteiger partial charge in [-0.15, -0.1) is 0 Å². The fourth-order valence-electron chi connectivity index (χ4n) is 1.50. The number of benzene rings is 1. The third-order valence-electron chi connectivity index (χ3n) is 2.42. The van der Waals surface area contributed by atoms with Crippen LogP contribution in [0.25, 0.3) is 0 Å². The van der Waals surface area contributed by atoms with Crippen LogP contribution < -0.4 is 15.4 Å². The van der Waals surface area contributed by atoms with Gasteiger partial charge in [-0.25, -0.2) is 14.3 Å². The van der Waals surface area contributed by atoms with E-state index in [4.69, 9.17) is 9.84 Å². The number of carbonyl (C=O) groups excluding carboxylic acids is 1. The number of rotatable bonds is 5. The number of ether oxygens (including phenoxy) is 1. The first-order chi connectivity index (χ1) is 10.1. The van der Waals surface area contributed by atoms with E-state index in [2.05, 4.69) is 20.7 Å². The van der Waals surface area contributed by atoms with E-state index in [1.165, 1.54) is 11.0 Å². The van der Waals surface area contributed by atoms with Gasteiger partial charge >= 0.3 is 12.0 Å². The number of para-hydroxylation sites is 2. The van der Waals surface area contributed by atoms with E-state index in [1.807, 2.05) is 0 Å². The van der Waals surface area contributed by atoms with E-state index in [-0.39, 0.29) is 11.7 Å². The quantitative estimate of drug-likeness (QED) is 0.754. The maximum absolute atomic E-state index is 11.8. The van der Waals surface area contributed by atoms with Gasteiger partial charge in [-0.1, -0.05) is 12.1 Å².